The Bertz CT molecular complexity index is 974. The molecule has 0 spiro atoms. The van der Waals surface area contributed by atoms with E-state index in [9.17, 15) is 14.4 Å². The van der Waals surface area contributed by atoms with Crippen molar-refractivity contribution in [2.75, 3.05) is 7.11 Å². The van der Waals surface area contributed by atoms with E-state index in [1.54, 1.807) is 20.8 Å². The first-order valence-electron chi connectivity index (χ1n) is 12.4. The van der Waals surface area contributed by atoms with Gasteiger partial charge in [-0.1, -0.05) is 18.2 Å². The van der Waals surface area contributed by atoms with Crippen LogP contribution in [0.25, 0.3) is 0 Å². The topological polar surface area (TPSA) is 93.7 Å². The summed E-state index contributed by atoms with van der Waals surface area (Å²) in [4.78, 5) is 38.3. The normalized spacial score (nSPS) is 12.8. The molecular formula is C28H38N2O5Sn. The first-order valence-corrected chi connectivity index (χ1v) is 15.8. The molecule has 0 saturated carbocycles. The molecule has 0 fully saturated rings. The number of ether oxygens (including phenoxy) is 2. The van der Waals surface area contributed by atoms with Crippen molar-refractivity contribution < 1.29 is 23.9 Å². The Kier molecular flexibility index (Phi) is 12.3. The zero-order valence-corrected chi connectivity index (χ0v) is 24.8. The fourth-order valence-electron chi connectivity index (χ4n) is 3.52. The molecule has 0 heterocycles. The summed E-state index contributed by atoms with van der Waals surface area (Å²) < 4.78 is 13.0. The zero-order chi connectivity index (χ0) is 26.6. The molecule has 7 nitrogen and oxygen atoms in total. The van der Waals surface area contributed by atoms with E-state index in [2.05, 4.69) is 29.7 Å². The quantitative estimate of drug-likeness (QED) is 0.221. The third-order valence-corrected chi connectivity index (χ3v) is 9.18. The number of nitrogens with one attached hydrogen (secondary N) is 2. The number of unbranched alkanes of at least 4 members (excludes halogenated alkanes) is 1. The Balaban J connectivity index is 2.18. The molecule has 2 atom stereocenters. The predicted molar refractivity (Wildman–Crippen MR) is 142 cm³/mol. The monoisotopic (exact) mass is 602 g/mol. The Morgan fingerprint density at radius 3 is 2.08 bits per heavy atom. The fraction of sp³-hybridized carbons (Fsp3) is 0.464. The van der Waals surface area contributed by atoms with E-state index in [-0.39, 0.29) is 12.8 Å². The van der Waals surface area contributed by atoms with Crippen LogP contribution in [0.5, 0.6) is 0 Å². The predicted octanol–water partition coefficient (Wildman–Crippen LogP) is 3.57. The number of esters is 1. The van der Waals surface area contributed by atoms with Gasteiger partial charge in [0, 0.05) is 0 Å². The number of carbonyl (C=O) groups excluding carboxylic acids is 3. The van der Waals surface area contributed by atoms with E-state index in [1.165, 1.54) is 28.0 Å². The summed E-state index contributed by atoms with van der Waals surface area (Å²) in [5, 5.41) is 5.46. The van der Waals surface area contributed by atoms with Crippen LogP contribution in [0.2, 0.25) is 4.44 Å². The maximum atomic E-state index is 13.3. The standard InChI is InChI=1S/C24H29N2O5.C4H9.Sn/c1-24(2,3)31-23(29)26-19(15-17-11-7-5-8-12-17)21(27)25-20(22(28)30-4)16-18-13-9-6-10-14-18;1-3-4-2;/h6-14,19-20H,15-16H2,1-4H3,(H,25,27)(H,26,29);1,3-4H2,2H3;/t19-,20-;;/m0../s1. The molecule has 0 aliphatic heterocycles. The van der Waals surface area contributed by atoms with Crippen LogP contribution in [-0.4, -0.2) is 63.9 Å². The molecule has 0 bridgehead atoms. The van der Waals surface area contributed by atoms with E-state index in [0.717, 1.165) is 11.1 Å². The van der Waals surface area contributed by atoms with Crippen molar-refractivity contribution in [1.29, 1.82) is 0 Å². The third kappa shape index (κ3) is 11.0. The van der Waals surface area contributed by atoms with Crippen molar-refractivity contribution in [2.24, 2.45) is 0 Å². The van der Waals surface area contributed by atoms with Crippen LogP contribution in [0.1, 0.15) is 51.7 Å². The molecule has 2 aromatic rings. The molecule has 8 heteroatoms. The van der Waals surface area contributed by atoms with Crippen LogP contribution in [0.15, 0.2) is 54.6 Å². The molecule has 36 heavy (non-hydrogen) atoms. The van der Waals surface area contributed by atoms with Crippen molar-refractivity contribution in [2.45, 2.75) is 75.5 Å². The van der Waals surface area contributed by atoms with Gasteiger partial charge < -0.3 is 0 Å². The van der Waals surface area contributed by atoms with E-state index >= 15 is 0 Å². The van der Waals surface area contributed by atoms with Crippen molar-refractivity contribution in [1.82, 2.24) is 10.6 Å². The number of methoxy groups -OCH3 is 1. The second-order valence-corrected chi connectivity index (χ2v) is 13.7. The first kappa shape index (κ1) is 29.7. The average Bonchev–Trinajstić information content (AvgIpc) is 2.83. The number of hydrogen-bond donors (Lipinski definition) is 2. The van der Waals surface area contributed by atoms with Gasteiger partial charge in [0.2, 0.25) is 0 Å². The molecule has 2 amide bonds. The van der Waals surface area contributed by atoms with E-state index < -0.39 is 56.8 Å². The molecule has 0 aliphatic rings. The summed E-state index contributed by atoms with van der Waals surface area (Å²) in [5.41, 5.74) is 1.09. The van der Waals surface area contributed by atoms with Gasteiger partial charge >= 0.3 is 207 Å². The van der Waals surface area contributed by atoms with Gasteiger partial charge in [0.05, 0.1) is 0 Å². The summed E-state index contributed by atoms with van der Waals surface area (Å²) in [7, 11) is 1.29. The first-order chi connectivity index (χ1) is 17.1. The minimum absolute atomic E-state index is 0.268. The fourth-order valence-corrected chi connectivity index (χ4v) is 7.01. The maximum absolute atomic E-state index is 13.3. The number of carbonyl (C=O) groups is 3. The number of benzene rings is 2. The third-order valence-electron chi connectivity index (χ3n) is 5.35. The van der Waals surface area contributed by atoms with Crippen LogP contribution in [0.3, 0.4) is 0 Å². The molecule has 0 saturated heterocycles. The molecule has 2 N–H and O–H groups in total. The number of hydrogen-bond acceptors (Lipinski definition) is 5. The van der Waals surface area contributed by atoms with Crippen molar-refractivity contribution in [3.05, 3.63) is 65.7 Å². The van der Waals surface area contributed by atoms with Gasteiger partial charge in [0.25, 0.3) is 0 Å². The molecule has 194 valence electrons. The summed E-state index contributed by atoms with van der Waals surface area (Å²) in [5.74, 6) is -1.03. The number of alkyl carbamates (subject to hydrolysis) is 1. The van der Waals surface area contributed by atoms with Gasteiger partial charge in [0.15, 0.2) is 0 Å². The Hall–Kier alpha value is -2.55. The van der Waals surface area contributed by atoms with Gasteiger partial charge in [0.1, 0.15) is 0 Å². The van der Waals surface area contributed by atoms with Crippen LogP contribution in [0.4, 0.5) is 4.79 Å². The van der Waals surface area contributed by atoms with Crippen LogP contribution < -0.4 is 14.2 Å². The van der Waals surface area contributed by atoms with Gasteiger partial charge in [-0.15, -0.1) is 0 Å². The van der Waals surface area contributed by atoms with Crippen molar-refractivity contribution in [3.8, 4) is 0 Å². The van der Waals surface area contributed by atoms with Crippen LogP contribution in [0, 0.1) is 0 Å². The van der Waals surface area contributed by atoms with E-state index in [4.69, 9.17) is 9.47 Å². The van der Waals surface area contributed by atoms with Gasteiger partial charge in [-0.05, 0) is 0 Å². The Labute approximate surface area is 224 Å². The van der Waals surface area contributed by atoms with Gasteiger partial charge in [-0.3, -0.25) is 0 Å². The van der Waals surface area contributed by atoms with E-state index in [1.807, 2.05) is 42.5 Å². The van der Waals surface area contributed by atoms with E-state index in [0.29, 0.717) is 0 Å². The van der Waals surface area contributed by atoms with Crippen LogP contribution in [-0.2, 0) is 31.9 Å². The SMILES string of the molecule is CCC[CH2][Sn][c]1ccc(C[C@H](NC(=O)OC(C)(C)C)C(=O)N[C@@H](Cc2ccccc2)C(=O)OC)cc1. The molecule has 0 aliphatic carbocycles. The molecule has 2 aromatic carbocycles. The second-order valence-electron chi connectivity index (χ2n) is 9.65. The molecule has 2 radical (unpaired) electrons. The Morgan fingerprint density at radius 2 is 1.50 bits per heavy atom. The molecule has 2 rings (SSSR count). The number of rotatable bonds is 12. The molecular weight excluding hydrogens is 563 g/mol. The summed E-state index contributed by atoms with van der Waals surface area (Å²) in [6.07, 6.45) is 2.33. The summed E-state index contributed by atoms with van der Waals surface area (Å²) in [6, 6.07) is 15.9. The number of amides is 2. The minimum atomic E-state index is -0.922. The van der Waals surface area contributed by atoms with Crippen molar-refractivity contribution >= 4 is 42.7 Å². The second kappa shape index (κ2) is 14.9. The summed E-state index contributed by atoms with van der Waals surface area (Å²) >= 11 is -0.587. The van der Waals surface area contributed by atoms with Gasteiger partial charge in [-0.2, -0.15) is 0 Å². The van der Waals surface area contributed by atoms with Crippen LogP contribution >= 0.6 is 0 Å². The molecule has 0 aromatic heterocycles. The van der Waals surface area contributed by atoms with Crippen molar-refractivity contribution in [3.63, 3.8) is 0 Å². The zero-order valence-electron chi connectivity index (χ0n) is 21.9. The summed E-state index contributed by atoms with van der Waals surface area (Å²) in [6.45, 7) is 7.49. The molecule has 0 unspecified atom stereocenters. The van der Waals surface area contributed by atoms with Gasteiger partial charge in [-0.25, -0.2) is 0 Å². The Morgan fingerprint density at radius 1 is 0.889 bits per heavy atom. The average molecular weight is 601 g/mol.